The van der Waals surface area contributed by atoms with Crippen molar-refractivity contribution in [3.05, 3.63) is 41.0 Å². The number of carbonyl (C=O) groups excluding carboxylic acids is 1. The third kappa shape index (κ3) is 4.41. The monoisotopic (exact) mass is 233 g/mol. The van der Waals surface area contributed by atoms with E-state index in [1.54, 1.807) is 13.8 Å². The van der Waals surface area contributed by atoms with Gasteiger partial charge in [-0.25, -0.2) is 0 Å². The first-order chi connectivity index (χ1) is 8.02. The van der Waals surface area contributed by atoms with E-state index in [4.69, 9.17) is 5.11 Å². The Labute approximate surface area is 102 Å². The van der Waals surface area contributed by atoms with E-state index in [0.717, 1.165) is 5.56 Å². The Morgan fingerprint density at radius 2 is 2.00 bits per heavy atom. The smallest absolute Gasteiger partial charge is 0.247 e. The van der Waals surface area contributed by atoms with Gasteiger partial charge in [0.2, 0.25) is 5.91 Å². The maximum atomic E-state index is 11.7. The van der Waals surface area contributed by atoms with Crippen LogP contribution in [0.2, 0.25) is 0 Å². The van der Waals surface area contributed by atoms with Crippen LogP contribution in [0.5, 0.6) is 0 Å². The van der Waals surface area contributed by atoms with Gasteiger partial charge in [-0.3, -0.25) is 4.79 Å². The molecule has 2 N–H and O–H groups in total. The first-order valence-electron chi connectivity index (χ1n) is 5.69. The zero-order chi connectivity index (χ0) is 12.8. The van der Waals surface area contributed by atoms with Crippen molar-refractivity contribution >= 4 is 12.0 Å². The molecule has 0 aliphatic rings. The molecule has 0 fully saturated rings. The first-order valence-corrected chi connectivity index (χ1v) is 5.69. The molecule has 1 amide bonds. The molecule has 0 aliphatic heterocycles. The number of aliphatic hydroxyl groups excluding tert-OH is 1. The van der Waals surface area contributed by atoms with Crippen LogP contribution in [-0.4, -0.2) is 23.7 Å². The Kier molecular flexibility index (Phi) is 4.91. The van der Waals surface area contributed by atoms with Gasteiger partial charge in [-0.1, -0.05) is 29.8 Å². The molecule has 17 heavy (non-hydrogen) atoms. The summed E-state index contributed by atoms with van der Waals surface area (Å²) in [6.45, 7) is 5.50. The minimum absolute atomic E-state index is 0.0520. The molecule has 0 aliphatic carbocycles. The van der Waals surface area contributed by atoms with Gasteiger partial charge in [0.05, 0.1) is 6.61 Å². The number of carbonyl (C=O) groups is 1. The van der Waals surface area contributed by atoms with Crippen LogP contribution < -0.4 is 5.32 Å². The number of nitrogens with one attached hydrogen (secondary N) is 1. The lowest BCUT2D eigenvalue weighted by molar-refractivity contribution is -0.118. The van der Waals surface area contributed by atoms with Crippen LogP contribution in [0.25, 0.3) is 6.08 Å². The molecule has 0 aromatic heterocycles. The fourth-order valence-corrected chi connectivity index (χ4v) is 1.36. The number of amides is 1. The molecule has 0 heterocycles. The van der Waals surface area contributed by atoms with E-state index in [1.165, 1.54) is 5.56 Å². The quantitative estimate of drug-likeness (QED) is 0.780. The number of aliphatic hydroxyl groups is 1. The molecule has 92 valence electrons. The zero-order valence-corrected chi connectivity index (χ0v) is 10.5. The van der Waals surface area contributed by atoms with E-state index in [0.29, 0.717) is 5.57 Å². The fourth-order valence-electron chi connectivity index (χ4n) is 1.36. The van der Waals surface area contributed by atoms with E-state index in [-0.39, 0.29) is 18.6 Å². The second kappa shape index (κ2) is 6.21. The molecule has 3 nitrogen and oxygen atoms in total. The van der Waals surface area contributed by atoms with Gasteiger partial charge in [0.1, 0.15) is 0 Å². The second-order valence-corrected chi connectivity index (χ2v) is 4.30. The van der Waals surface area contributed by atoms with Gasteiger partial charge in [0.25, 0.3) is 0 Å². The highest BCUT2D eigenvalue weighted by Gasteiger charge is 2.07. The predicted molar refractivity (Wildman–Crippen MR) is 69.5 cm³/mol. The summed E-state index contributed by atoms with van der Waals surface area (Å²) in [7, 11) is 0. The van der Waals surface area contributed by atoms with Crippen molar-refractivity contribution in [3.63, 3.8) is 0 Å². The number of hydrogen-bond donors (Lipinski definition) is 2. The van der Waals surface area contributed by atoms with Crippen molar-refractivity contribution in [1.29, 1.82) is 0 Å². The summed E-state index contributed by atoms with van der Waals surface area (Å²) < 4.78 is 0. The Balaban J connectivity index is 2.71. The van der Waals surface area contributed by atoms with Crippen molar-refractivity contribution in [2.24, 2.45) is 0 Å². The van der Waals surface area contributed by atoms with Gasteiger partial charge < -0.3 is 10.4 Å². The maximum Gasteiger partial charge on any atom is 0.247 e. The van der Waals surface area contributed by atoms with Crippen LogP contribution in [-0.2, 0) is 4.79 Å². The summed E-state index contributed by atoms with van der Waals surface area (Å²) in [5.41, 5.74) is 2.83. The largest absolute Gasteiger partial charge is 0.394 e. The molecule has 3 heteroatoms. The Hall–Kier alpha value is -1.61. The molecule has 0 bridgehead atoms. The lowest BCUT2D eigenvalue weighted by atomic mass is 10.1. The number of benzene rings is 1. The third-order valence-corrected chi connectivity index (χ3v) is 2.47. The van der Waals surface area contributed by atoms with Gasteiger partial charge >= 0.3 is 0 Å². The highest BCUT2D eigenvalue weighted by atomic mass is 16.3. The van der Waals surface area contributed by atoms with Crippen molar-refractivity contribution in [1.82, 2.24) is 5.32 Å². The first kappa shape index (κ1) is 13.5. The minimum atomic E-state index is -0.219. The van der Waals surface area contributed by atoms with Crippen molar-refractivity contribution in [2.45, 2.75) is 26.8 Å². The van der Waals surface area contributed by atoms with Crippen molar-refractivity contribution in [2.75, 3.05) is 6.61 Å². The number of rotatable bonds is 4. The van der Waals surface area contributed by atoms with Crippen LogP contribution in [0, 0.1) is 6.92 Å². The van der Waals surface area contributed by atoms with E-state index >= 15 is 0 Å². The summed E-state index contributed by atoms with van der Waals surface area (Å²) in [5.74, 6) is -0.146. The van der Waals surface area contributed by atoms with E-state index < -0.39 is 0 Å². The van der Waals surface area contributed by atoms with E-state index in [1.807, 2.05) is 37.3 Å². The molecule has 1 atom stereocenters. The second-order valence-electron chi connectivity index (χ2n) is 4.30. The van der Waals surface area contributed by atoms with Crippen molar-refractivity contribution in [3.8, 4) is 0 Å². The fraction of sp³-hybridized carbons (Fsp3) is 0.357. The lowest BCUT2D eigenvalue weighted by Crippen LogP contribution is -2.35. The van der Waals surface area contributed by atoms with Crippen LogP contribution in [0.4, 0.5) is 0 Å². The van der Waals surface area contributed by atoms with Crippen LogP contribution in [0.1, 0.15) is 25.0 Å². The molecule has 0 saturated heterocycles. The Morgan fingerprint density at radius 3 is 2.53 bits per heavy atom. The summed E-state index contributed by atoms with van der Waals surface area (Å²) in [6.07, 6.45) is 1.83. The highest BCUT2D eigenvalue weighted by Crippen LogP contribution is 2.08. The average Bonchev–Trinajstić information content (AvgIpc) is 2.31. The average molecular weight is 233 g/mol. The van der Waals surface area contributed by atoms with Gasteiger partial charge in [-0.15, -0.1) is 0 Å². The van der Waals surface area contributed by atoms with E-state index in [2.05, 4.69) is 5.32 Å². The highest BCUT2D eigenvalue weighted by molar-refractivity contribution is 5.97. The topological polar surface area (TPSA) is 49.3 Å². The van der Waals surface area contributed by atoms with Gasteiger partial charge in [0.15, 0.2) is 0 Å². The molecular weight excluding hydrogens is 214 g/mol. The van der Waals surface area contributed by atoms with Crippen molar-refractivity contribution < 1.29 is 9.90 Å². The van der Waals surface area contributed by atoms with Gasteiger partial charge in [0, 0.05) is 11.6 Å². The summed E-state index contributed by atoms with van der Waals surface area (Å²) in [4.78, 5) is 11.7. The molecule has 0 radical (unpaired) electrons. The van der Waals surface area contributed by atoms with E-state index in [9.17, 15) is 4.79 Å². The molecular formula is C14H19NO2. The molecule has 0 saturated carbocycles. The molecule has 1 aromatic rings. The molecule has 0 spiro atoms. The standard InChI is InChI=1S/C14H19NO2/c1-10-4-6-13(7-5-10)8-11(2)14(17)15-12(3)9-16/h4-8,12,16H,9H2,1-3H3,(H,15,17)/b11-8+. The van der Waals surface area contributed by atoms with Gasteiger partial charge in [-0.05, 0) is 32.4 Å². The Bertz CT molecular complexity index is 407. The van der Waals surface area contributed by atoms with Crippen LogP contribution in [0.15, 0.2) is 29.8 Å². The molecule has 1 rings (SSSR count). The summed E-state index contributed by atoms with van der Waals surface area (Å²) in [5, 5.41) is 11.6. The number of hydrogen-bond acceptors (Lipinski definition) is 2. The lowest BCUT2D eigenvalue weighted by Gasteiger charge is -2.10. The third-order valence-electron chi connectivity index (χ3n) is 2.47. The molecule has 1 unspecified atom stereocenters. The zero-order valence-electron chi connectivity index (χ0n) is 10.5. The minimum Gasteiger partial charge on any atom is -0.394 e. The predicted octanol–water partition coefficient (Wildman–Crippen LogP) is 1.90. The number of aryl methyl sites for hydroxylation is 1. The molecule has 1 aromatic carbocycles. The normalized spacial score (nSPS) is 13.3. The SMILES string of the molecule is C/C(=C\c1ccc(C)cc1)C(=O)NC(C)CO. The van der Waals surface area contributed by atoms with Gasteiger partial charge in [-0.2, -0.15) is 0 Å². The maximum absolute atomic E-state index is 11.7. The summed E-state index contributed by atoms with van der Waals surface area (Å²) in [6, 6.07) is 7.74. The van der Waals surface area contributed by atoms with Crippen LogP contribution >= 0.6 is 0 Å². The Morgan fingerprint density at radius 1 is 1.41 bits per heavy atom. The summed E-state index contributed by atoms with van der Waals surface area (Å²) >= 11 is 0. The van der Waals surface area contributed by atoms with Crippen LogP contribution in [0.3, 0.4) is 0 Å².